The lowest BCUT2D eigenvalue weighted by Crippen LogP contribution is -2.60. The Balaban J connectivity index is 1.70. The summed E-state index contributed by atoms with van der Waals surface area (Å²) in [4.78, 5) is 2.56. The van der Waals surface area contributed by atoms with Gasteiger partial charge in [0.05, 0.1) is 0 Å². The van der Waals surface area contributed by atoms with Gasteiger partial charge in [-0.2, -0.15) is 0 Å². The minimum absolute atomic E-state index is 0.714. The molecular weight excluding hydrogens is 208 g/mol. The van der Waals surface area contributed by atoms with Gasteiger partial charge in [-0.05, 0) is 31.0 Å². The van der Waals surface area contributed by atoms with Crippen molar-refractivity contribution in [3.8, 4) is 0 Å². The fourth-order valence-corrected chi connectivity index (χ4v) is 3.16. The Morgan fingerprint density at radius 3 is 2.65 bits per heavy atom. The van der Waals surface area contributed by atoms with Crippen LogP contribution in [-0.2, 0) is 6.54 Å². The molecule has 1 aromatic carbocycles. The van der Waals surface area contributed by atoms with Crippen molar-refractivity contribution in [1.82, 2.24) is 5.32 Å². The van der Waals surface area contributed by atoms with Crippen molar-refractivity contribution in [2.75, 3.05) is 24.5 Å². The highest BCUT2D eigenvalue weighted by molar-refractivity contribution is 5.56. The smallest absolute Gasteiger partial charge is 0.0412 e. The summed E-state index contributed by atoms with van der Waals surface area (Å²) in [5, 5.41) is 3.43. The third kappa shape index (κ3) is 1.95. The number of rotatable bonds is 4. The van der Waals surface area contributed by atoms with Crippen molar-refractivity contribution in [2.24, 2.45) is 5.41 Å². The Bertz CT molecular complexity index is 388. The number of hydrogen-bond donors (Lipinski definition) is 1. The Hall–Kier alpha value is -1.02. The van der Waals surface area contributed by atoms with Crippen molar-refractivity contribution in [2.45, 2.75) is 32.7 Å². The van der Waals surface area contributed by atoms with Crippen molar-refractivity contribution in [1.29, 1.82) is 0 Å². The van der Waals surface area contributed by atoms with Crippen LogP contribution in [0.15, 0.2) is 24.3 Å². The van der Waals surface area contributed by atoms with Gasteiger partial charge in [0.15, 0.2) is 0 Å². The van der Waals surface area contributed by atoms with Crippen molar-refractivity contribution < 1.29 is 0 Å². The molecule has 1 N–H and O–H groups in total. The van der Waals surface area contributed by atoms with Crippen molar-refractivity contribution in [3.05, 3.63) is 29.8 Å². The molecule has 2 nitrogen and oxygen atoms in total. The van der Waals surface area contributed by atoms with Gasteiger partial charge in [0, 0.05) is 30.7 Å². The van der Waals surface area contributed by atoms with E-state index < -0.39 is 0 Å². The number of para-hydroxylation sites is 1. The van der Waals surface area contributed by atoms with Gasteiger partial charge >= 0.3 is 0 Å². The zero-order chi connectivity index (χ0) is 11.7. The maximum atomic E-state index is 3.43. The van der Waals surface area contributed by atoms with Gasteiger partial charge in [0.1, 0.15) is 0 Å². The van der Waals surface area contributed by atoms with E-state index in [1.165, 1.54) is 43.6 Å². The lowest BCUT2D eigenvalue weighted by Gasteiger charge is -2.57. The lowest BCUT2D eigenvalue weighted by molar-refractivity contribution is 0.0902. The highest BCUT2D eigenvalue weighted by Crippen LogP contribution is 2.49. The quantitative estimate of drug-likeness (QED) is 0.855. The third-order valence-electron chi connectivity index (χ3n) is 4.36. The molecule has 0 aromatic heterocycles. The van der Waals surface area contributed by atoms with Gasteiger partial charge in [-0.25, -0.2) is 0 Å². The Morgan fingerprint density at radius 2 is 2.00 bits per heavy atom. The van der Waals surface area contributed by atoms with Gasteiger partial charge in [0.2, 0.25) is 0 Å². The predicted molar refractivity (Wildman–Crippen MR) is 72.3 cm³/mol. The highest BCUT2D eigenvalue weighted by atomic mass is 15.2. The molecule has 1 aliphatic carbocycles. The Morgan fingerprint density at radius 1 is 1.24 bits per heavy atom. The van der Waals surface area contributed by atoms with Crippen LogP contribution in [0.3, 0.4) is 0 Å². The average Bonchev–Trinajstić information content (AvgIpc) is 2.24. The van der Waals surface area contributed by atoms with Crippen LogP contribution >= 0.6 is 0 Å². The van der Waals surface area contributed by atoms with E-state index in [1.807, 2.05) is 0 Å². The van der Waals surface area contributed by atoms with Crippen molar-refractivity contribution >= 4 is 5.69 Å². The van der Waals surface area contributed by atoms with Gasteiger partial charge in [-0.15, -0.1) is 0 Å². The summed E-state index contributed by atoms with van der Waals surface area (Å²) < 4.78 is 0. The largest absolute Gasteiger partial charge is 0.370 e. The second-order valence-electron chi connectivity index (χ2n) is 5.62. The molecule has 1 aromatic rings. The van der Waals surface area contributed by atoms with Gasteiger partial charge in [-0.3, -0.25) is 0 Å². The van der Waals surface area contributed by atoms with Crippen LogP contribution in [-0.4, -0.2) is 19.6 Å². The van der Waals surface area contributed by atoms with Crippen LogP contribution in [0.1, 0.15) is 31.7 Å². The predicted octanol–water partition coefficient (Wildman–Crippen LogP) is 2.79. The van der Waals surface area contributed by atoms with E-state index in [0.29, 0.717) is 5.41 Å². The number of hydrogen-bond acceptors (Lipinski definition) is 2. The Kier molecular flexibility index (Phi) is 2.83. The molecule has 0 radical (unpaired) electrons. The second-order valence-corrected chi connectivity index (χ2v) is 5.62. The number of nitrogens with zero attached hydrogens (tertiary/aromatic N) is 1. The SMILES string of the molecule is CCNCc1ccccc1N1CC2(CCC2)C1. The van der Waals surface area contributed by atoms with Crippen LogP contribution in [0.4, 0.5) is 5.69 Å². The first kappa shape index (κ1) is 11.1. The Labute approximate surface area is 104 Å². The fourth-order valence-electron chi connectivity index (χ4n) is 3.16. The molecule has 1 aliphatic heterocycles. The summed E-state index contributed by atoms with van der Waals surface area (Å²) in [7, 11) is 0. The molecular formula is C15H22N2. The molecule has 2 fully saturated rings. The molecule has 0 bridgehead atoms. The van der Waals surface area contributed by atoms with Crippen LogP contribution in [0, 0.1) is 5.41 Å². The van der Waals surface area contributed by atoms with Gasteiger partial charge < -0.3 is 10.2 Å². The molecule has 0 atom stereocenters. The maximum absolute atomic E-state index is 3.43. The first-order chi connectivity index (χ1) is 8.33. The standard InChI is InChI=1S/C15H22N2/c1-2-16-10-13-6-3-4-7-14(13)17-11-15(12-17)8-5-9-15/h3-4,6-7,16H,2,5,8-12H2,1H3. The minimum atomic E-state index is 0.714. The second kappa shape index (κ2) is 4.34. The molecule has 3 rings (SSSR count). The average molecular weight is 230 g/mol. The van der Waals surface area contributed by atoms with Crippen LogP contribution in [0.5, 0.6) is 0 Å². The zero-order valence-corrected chi connectivity index (χ0v) is 10.7. The van der Waals surface area contributed by atoms with Crippen LogP contribution < -0.4 is 10.2 Å². The molecule has 1 saturated carbocycles. The number of nitrogens with one attached hydrogen (secondary N) is 1. The summed E-state index contributed by atoms with van der Waals surface area (Å²) in [5.74, 6) is 0. The van der Waals surface area contributed by atoms with E-state index in [1.54, 1.807) is 0 Å². The third-order valence-corrected chi connectivity index (χ3v) is 4.36. The fraction of sp³-hybridized carbons (Fsp3) is 0.600. The first-order valence-electron chi connectivity index (χ1n) is 6.87. The number of anilines is 1. The van der Waals surface area contributed by atoms with Crippen LogP contribution in [0.2, 0.25) is 0 Å². The molecule has 92 valence electrons. The molecule has 2 heteroatoms. The van der Waals surface area contributed by atoms with Crippen LogP contribution in [0.25, 0.3) is 0 Å². The zero-order valence-electron chi connectivity index (χ0n) is 10.7. The molecule has 2 aliphatic rings. The summed E-state index contributed by atoms with van der Waals surface area (Å²) in [6.45, 7) is 6.77. The molecule has 0 amide bonds. The molecule has 17 heavy (non-hydrogen) atoms. The van der Waals surface area contributed by atoms with Gasteiger partial charge in [-0.1, -0.05) is 31.5 Å². The summed E-state index contributed by atoms with van der Waals surface area (Å²) in [6, 6.07) is 8.84. The summed E-state index contributed by atoms with van der Waals surface area (Å²) >= 11 is 0. The molecule has 1 saturated heterocycles. The number of benzene rings is 1. The maximum Gasteiger partial charge on any atom is 0.0412 e. The first-order valence-corrected chi connectivity index (χ1v) is 6.87. The van der Waals surface area contributed by atoms with E-state index in [-0.39, 0.29) is 0 Å². The van der Waals surface area contributed by atoms with E-state index in [0.717, 1.165) is 13.1 Å². The van der Waals surface area contributed by atoms with Crippen molar-refractivity contribution in [3.63, 3.8) is 0 Å². The lowest BCUT2D eigenvalue weighted by atomic mass is 9.63. The normalized spacial score (nSPS) is 21.1. The van der Waals surface area contributed by atoms with E-state index in [4.69, 9.17) is 0 Å². The summed E-state index contributed by atoms with van der Waals surface area (Å²) in [6.07, 6.45) is 4.37. The molecule has 1 spiro atoms. The monoisotopic (exact) mass is 230 g/mol. The molecule has 0 unspecified atom stereocenters. The van der Waals surface area contributed by atoms with E-state index >= 15 is 0 Å². The van der Waals surface area contributed by atoms with E-state index in [9.17, 15) is 0 Å². The highest BCUT2D eigenvalue weighted by Gasteiger charge is 2.47. The molecule has 1 heterocycles. The van der Waals surface area contributed by atoms with E-state index in [2.05, 4.69) is 41.4 Å². The summed E-state index contributed by atoms with van der Waals surface area (Å²) in [5.41, 5.74) is 3.61. The topological polar surface area (TPSA) is 15.3 Å². The minimum Gasteiger partial charge on any atom is -0.370 e. The van der Waals surface area contributed by atoms with Gasteiger partial charge in [0.25, 0.3) is 0 Å².